The molecule has 2 atom stereocenters. The Bertz CT molecular complexity index is 903. The molecule has 1 heterocycles. The van der Waals surface area contributed by atoms with Crippen molar-refractivity contribution in [3.05, 3.63) is 35.4 Å². The second-order valence-corrected chi connectivity index (χ2v) is 10.2. The van der Waals surface area contributed by atoms with Gasteiger partial charge in [-0.15, -0.1) is 0 Å². The Kier molecular flexibility index (Phi) is 12.7. The maximum atomic E-state index is 13.4. The molecule has 214 valence electrons. The number of β-lactam (4-membered cyclic amide) rings is 1. The number of carbonyl (C=O) groups excluding carboxylic acids is 3. The topological polar surface area (TPSA) is 91.4 Å². The Morgan fingerprint density at radius 1 is 1.08 bits per heavy atom. The van der Waals surface area contributed by atoms with Crippen LogP contribution in [0.3, 0.4) is 0 Å². The van der Waals surface area contributed by atoms with E-state index in [9.17, 15) is 14.4 Å². The molecule has 1 N–H and O–H groups in total. The largest absolute Gasteiger partial charge is 0.383 e. The van der Waals surface area contributed by atoms with Crippen LogP contribution >= 0.6 is 0 Å². The molecule has 0 radical (unpaired) electrons. The number of aryl methyl sites for hydroxylation is 1. The Hall–Kier alpha value is -2.49. The molecular formula is C29H48N4O5. The van der Waals surface area contributed by atoms with Crippen LogP contribution in [-0.2, 0) is 19.1 Å². The van der Waals surface area contributed by atoms with Gasteiger partial charge in [0, 0.05) is 33.3 Å². The van der Waals surface area contributed by atoms with Gasteiger partial charge < -0.3 is 24.6 Å². The van der Waals surface area contributed by atoms with E-state index in [1.807, 2.05) is 59.0 Å². The lowest BCUT2D eigenvalue weighted by Crippen LogP contribution is -2.72. The standard InChI is InChI=1S/C29H48N4O5/c1-8-12-24(23-15-13-22(5)14-16-23)30-28(36)33-26(35)29(9-2,10-3)27(33)38-21-25(34)32(11-4)18-17-31(6)19-20-37-7/h13-16,24,27H,8-12,17-21H2,1-7H3,(H,30,36)/t24-,27?/m1/s1. The SMILES string of the molecule is CCC[C@@H](NC(=O)N1C(=O)C(CC)(CC)C1OCC(=O)N(CC)CCN(C)CCOC)c1ccc(C)cc1. The van der Waals surface area contributed by atoms with E-state index in [1.54, 1.807) is 12.0 Å². The summed E-state index contributed by atoms with van der Waals surface area (Å²) in [6, 6.07) is 7.36. The van der Waals surface area contributed by atoms with Crippen LogP contribution in [0.5, 0.6) is 0 Å². The zero-order chi connectivity index (χ0) is 28.3. The maximum absolute atomic E-state index is 13.4. The molecule has 0 spiro atoms. The number of methoxy groups -OCH3 is 1. The number of likely N-dealkylation sites (N-methyl/N-ethyl adjacent to an activating group) is 2. The third-order valence-electron chi connectivity index (χ3n) is 7.72. The molecule has 1 fully saturated rings. The molecule has 0 bridgehead atoms. The lowest BCUT2D eigenvalue weighted by molar-refractivity contribution is -0.212. The summed E-state index contributed by atoms with van der Waals surface area (Å²) < 4.78 is 11.2. The van der Waals surface area contributed by atoms with Crippen LogP contribution in [0, 0.1) is 12.3 Å². The molecule has 1 aromatic rings. The number of nitrogens with one attached hydrogen (secondary N) is 1. The summed E-state index contributed by atoms with van der Waals surface area (Å²) in [5, 5.41) is 3.05. The minimum Gasteiger partial charge on any atom is -0.383 e. The van der Waals surface area contributed by atoms with E-state index in [4.69, 9.17) is 9.47 Å². The zero-order valence-electron chi connectivity index (χ0n) is 24.4. The monoisotopic (exact) mass is 532 g/mol. The van der Waals surface area contributed by atoms with Crippen LogP contribution in [0.15, 0.2) is 24.3 Å². The van der Waals surface area contributed by atoms with Crippen molar-refractivity contribution in [1.82, 2.24) is 20.0 Å². The molecule has 0 aliphatic carbocycles. The minimum atomic E-state index is -0.806. The normalized spacial score (nSPS) is 17.3. The molecule has 4 amide bonds. The van der Waals surface area contributed by atoms with Gasteiger partial charge in [0.05, 0.1) is 18.1 Å². The average Bonchev–Trinajstić information content (AvgIpc) is 2.91. The summed E-state index contributed by atoms with van der Waals surface area (Å²) >= 11 is 0. The van der Waals surface area contributed by atoms with Gasteiger partial charge in [0.2, 0.25) is 11.8 Å². The summed E-state index contributed by atoms with van der Waals surface area (Å²) in [6.07, 6.45) is 1.91. The number of benzene rings is 1. The highest BCUT2D eigenvalue weighted by Gasteiger charge is 2.62. The fourth-order valence-corrected chi connectivity index (χ4v) is 4.95. The van der Waals surface area contributed by atoms with Crippen LogP contribution in [0.2, 0.25) is 0 Å². The van der Waals surface area contributed by atoms with E-state index < -0.39 is 17.7 Å². The average molecular weight is 533 g/mol. The second-order valence-electron chi connectivity index (χ2n) is 10.2. The number of amides is 4. The number of rotatable bonds is 16. The van der Waals surface area contributed by atoms with Gasteiger partial charge in [-0.1, -0.05) is 57.0 Å². The summed E-state index contributed by atoms with van der Waals surface area (Å²) in [7, 11) is 3.66. The summed E-state index contributed by atoms with van der Waals surface area (Å²) in [5.74, 6) is -0.402. The summed E-state index contributed by atoms with van der Waals surface area (Å²) in [4.78, 5) is 44.7. The summed E-state index contributed by atoms with van der Waals surface area (Å²) in [5.41, 5.74) is 1.33. The molecule has 0 aromatic heterocycles. The third kappa shape index (κ3) is 7.55. The maximum Gasteiger partial charge on any atom is 0.326 e. The lowest BCUT2D eigenvalue weighted by Gasteiger charge is -2.53. The van der Waals surface area contributed by atoms with Gasteiger partial charge in [0.25, 0.3) is 0 Å². The number of imide groups is 1. The van der Waals surface area contributed by atoms with Gasteiger partial charge in [-0.3, -0.25) is 9.59 Å². The number of hydrogen-bond acceptors (Lipinski definition) is 6. The molecule has 1 unspecified atom stereocenters. The molecule has 38 heavy (non-hydrogen) atoms. The second kappa shape index (κ2) is 15.2. The van der Waals surface area contributed by atoms with Crippen molar-refractivity contribution in [3.63, 3.8) is 0 Å². The first-order valence-corrected chi connectivity index (χ1v) is 14.0. The first kappa shape index (κ1) is 31.7. The Morgan fingerprint density at radius 2 is 1.74 bits per heavy atom. The smallest absolute Gasteiger partial charge is 0.326 e. The van der Waals surface area contributed by atoms with E-state index in [-0.39, 0.29) is 24.5 Å². The van der Waals surface area contributed by atoms with Crippen LogP contribution in [0.25, 0.3) is 0 Å². The Balaban J connectivity index is 2.10. The number of nitrogens with zero attached hydrogens (tertiary/aromatic N) is 3. The van der Waals surface area contributed by atoms with Crippen molar-refractivity contribution in [2.75, 3.05) is 53.6 Å². The quantitative estimate of drug-likeness (QED) is 0.324. The molecule has 1 aliphatic rings. The van der Waals surface area contributed by atoms with Gasteiger partial charge in [-0.2, -0.15) is 0 Å². The Labute approximate surface area is 228 Å². The predicted octanol–water partition coefficient (Wildman–Crippen LogP) is 3.96. The first-order chi connectivity index (χ1) is 18.2. The van der Waals surface area contributed by atoms with Gasteiger partial charge in [-0.05, 0) is 45.7 Å². The van der Waals surface area contributed by atoms with Crippen molar-refractivity contribution in [3.8, 4) is 0 Å². The van der Waals surface area contributed by atoms with Crippen molar-refractivity contribution in [2.45, 2.75) is 72.6 Å². The molecular weight excluding hydrogens is 484 g/mol. The third-order valence-corrected chi connectivity index (χ3v) is 7.72. The lowest BCUT2D eigenvalue weighted by atomic mass is 9.72. The number of hydrogen-bond donors (Lipinski definition) is 1. The van der Waals surface area contributed by atoms with E-state index in [2.05, 4.69) is 17.1 Å². The van der Waals surface area contributed by atoms with Gasteiger partial charge in [0.1, 0.15) is 6.61 Å². The molecule has 9 nitrogen and oxygen atoms in total. The summed E-state index contributed by atoms with van der Waals surface area (Å²) in [6.45, 7) is 12.9. The molecule has 1 aromatic carbocycles. The fourth-order valence-electron chi connectivity index (χ4n) is 4.95. The molecule has 1 saturated heterocycles. The van der Waals surface area contributed by atoms with E-state index >= 15 is 0 Å². The number of ether oxygens (including phenoxy) is 2. The fraction of sp³-hybridized carbons (Fsp3) is 0.690. The van der Waals surface area contributed by atoms with Crippen LogP contribution < -0.4 is 5.32 Å². The van der Waals surface area contributed by atoms with Crippen molar-refractivity contribution in [1.29, 1.82) is 0 Å². The number of likely N-dealkylation sites (tertiary alicyclic amines) is 1. The van der Waals surface area contributed by atoms with Crippen LogP contribution in [0.4, 0.5) is 4.79 Å². The number of carbonyl (C=O) groups is 3. The van der Waals surface area contributed by atoms with Gasteiger partial charge in [-0.25, -0.2) is 9.69 Å². The minimum absolute atomic E-state index is 0.156. The highest BCUT2D eigenvalue weighted by molar-refractivity contribution is 6.03. The van der Waals surface area contributed by atoms with E-state index in [0.717, 1.165) is 30.5 Å². The number of urea groups is 1. The zero-order valence-corrected chi connectivity index (χ0v) is 24.4. The van der Waals surface area contributed by atoms with Crippen LogP contribution in [-0.4, -0.2) is 92.3 Å². The van der Waals surface area contributed by atoms with Crippen molar-refractivity contribution in [2.24, 2.45) is 5.41 Å². The molecule has 1 aliphatic heterocycles. The van der Waals surface area contributed by atoms with Crippen molar-refractivity contribution >= 4 is 17.8 Å². The van der Waals surface area contributed by atoms with Crippen molar-refractivity contribution < 1.29 is 23.9 Å². The van der Waals surface area contributed by atoms with Crippen LogP contribution in [0.1, 0.15) is 70.5 Å². The van der Waals surface area contributed by atoms with E-state index in [0.29, 0.717) is 39.1 Å². The first-order valence-electron chi connectivity index (χ1n) is 14.0. The highest BCUT2D eigenvalue weighted by Crippen LogP contribution is 2.46. The van der Waals surface area contributed by atoms with E-state index in [1.165, 1.54) is 4.90 Å². The van der Waals surface area contributed by atoms with Gasteiger partial charge in [0.15, 0.2) is 6.23 Å². The molecule has 0 saturated carbocycles. The highest BCUT2D eigenvalue weighted by atomic mass is 16.5. The molecule has 2 rings (SSSR count). The molecule has 9 heteroatoms. The predicted molar refractivity (Wildman–Crippen MR) is 149 cm³/mol. The van der Waals surface area contributed by atoms with Gasteiger partial charge >= 0.3 is 6.03 Å². The Morgan fingerprint density at radius 3 is 2.29 bits per heavy atom.